The van der Waals surface area contributed by atoms with Crippen LogP contribution in [0.15, 0.2) is 201 Å². The summed E-state index contributed by atoms with van der Waals surface area (Å²) < 4.78 is 28.4. The highest BCUT2D eigenvalue weighted by Gasteiger charge is 2.39. The number of benzene rings is 8. The number of carbonyl (C=O) groups excluding carboxylic acids is 11. The Hall–Kier alpha value is -15.5. The number of halogens is 4. The Morgan fingerprint density at radius 2 is 0.958 bits per heavy atom. The van der Waals surface area contributed by atoms with Crippen molar-refractivity contribution < 1.29 is 61.9 Å². The zero-order chi connectivity index (χ0) is 101. The quantitative estimate of drug-likeness (QED) is 0.0563. The number of carbonyl (C=O) groups is 11. The molecule has 1 saturated heterocycles. The fraction of sp³-hybridized carbons (Fsp3) is 0.269. The van der Waals surface area contributed by atoms with Crippen LogP contribution in [-0.2, 0) is 95.7 Å². The topological polar surface area (TPSA) is 336 Å². The first-order chi connectivity index (χ1) is 68.8. The summed E-state index contributed by atoms with van der Waals surface area (Å²) >= 11 is 19.3. The molecule has 730 valence electrons. The summed E-state index contributed by atoms with van der Waals surface area (Å²) in [6.45, 7) is 9.36. The van der Waals surface area contributed by atoms with Crippen molar-refractivity contribution in [2.45, 2.75) is 97.4 Å². The van der Waals surface area contributed by atoms with E-state index in [0.717, 1.165) is 116 Å². The Bertz CT molecular complexity index is 7630. The molecule has 3 N–H and O–H groups in total. The van der Waals surface area contributed by atoms with Gasteiger partial charge >= 0.3 is 0 Å². The lowest BCUT2D eigenvalue weighted by molar-refractivity contribution is -0.140. The number of para-hydroxylation sites is 4. The Balaban J connectivity index is 0.000000126. The van der Waals surface area contributed by atoms with Crippen LogP contribution in [0.3, 0.4) is 0 Å². The van der Waals surface area contributed by atoms with Crippen LogP contribution >= 0.6 is 34.8 Å². The van der Waals surface area contributed by atoms with Gasteiger partial charge in [-0.15, -0.1) is 0 Å². The van der Waals surface area contributed by atoms with Gasteiger partial charge in [-0.2, -0.15) is 20.4 Å². The number of likely N-dealkylation sites (N-methyl/N-ethyl adjacent to an activating group) is 3. The van der Waals surface area contributed by atoms with E-state index in [2.05, 4.69) is 68.1 Å². The maximum atomic E-state index is 13.8. The molecule has 14 aromatic rings. The molecule has 6 aromatic heterocycles. The van der Waals surface area contributed by atoms with E-state index in [0.29, 0.717) is 167 Å². The number of nitrogens with one attached hydrogen (secondary N) is 3. The fourth-order valence-corrected chi connectivity index (χ4v) is 20.1. The van der Waals surface area contributed by atoms with Crippen LogP contribution in [0.25, 0.3) is 55.7 Å². The maximum Gasteiger partial charge on any atom is 0.294 e. The normalized spacial score (nSPS) is 14.4. The van der Waals surface area contributed by atoms with E-state index < -0.39 is 40.9 Å². The van der Waals surface area contributed by atoms with Crippen molar-refractivity contribution >= 4 is 132 Å². The van der Waals surface area contributed by atoms with Crippen molar-refractivity contribution in [3.05, 3.63) is 334 Å². The lowest BCUT2D eigenvalue weighted by atomic mass is 9.97. The Morgan fingerprint density at radius 3 is 1.52 bits per heavy atom. The Kier molecular flexibility index (Phi) is 28.0. The monoisotopic (exact) mass is 1980 g/mol. The van der Waals surface area contributed by atoms with Gasteiger partial charge in [-0.25, -0.2) is 23.1 Å². The fourth-order valence-electron chi connectivity index (χ4n) is 19.4. The van der Waals surface area contributed by atoms with Gasteiger partial charge in [0.05, 0.1) is 121 Å². The first-order valence-electron chi connectivity index (χ1n) is 47.0. The summed E-state index contributed by atoms with van der Waals surface area (Å²) in [5.74, 6) is -4.46. The molecule has 21 rings (SSSR count). The molecule has 8 aromatic carbocycles. The van der Waals surface area contributed by atoms with Gasteiger partial charge in [-0.1, -0.05) is 120 Å². The number of allylic oxidation sites excluding steroid dienone is 2. The first kappa shape index (κ1) is 97.7. The SMILES string of the molecule is COc1cc2c(cc1C(=O)N1CCc3c(cnn3-c3ccccc3Cl)C1)C(C(=O)C(=O)N(C)C)=CC2.Cc1ccccc1-n1ncc2c1CCN(C(=O)c1cc3c(C(=O)C(=O)N(C)C)cn(C)c3cc1Cl)C2.Cc1ccccc1-n1ncc2c1CCN(C(=O)c1ccc3c(c1)C(C(=O)C(=O)N(C)C)=CC3)C2.O=C(NC1CCNCC1)c1nn(-c2ccc(F)cc2Cl)c2c1CN(C(=O)c1c[nH]c3ccccc13)CC2. The van der Waals surface area contributed by atoms with Crippen LogP contribution in [0, 0.1) is 19.7 Å². The third-order valence-electron chi connectivity index (χ3n) is 27.1. The lowest BCUT2D eigenvalue weighted by Crippen LogP contribution is -2.43. The average molecular weight is 1980 g/mol. The summed E-state index contributed by atoms with van der Waals surface area (Å²) in [6.07, 6.45) is 17.5. The first-order valence-corrected chi connectivity index (χ1v) is 48.1. The lowest BCUT2D eigenvalue weighted by Gasteiger charge is -2.28. The highest BCUT2D eigenvalue weighted by molar-refractivity contribution is 6.54. The van der Waals surface area contributed by atoms with Crippen LogP contribution in [0.2, 0.25) is 15.1 Å². The van der Waals surface area contributed by atoms with Crippen molar-refractivity contribution in [3.63, 3.8) is 0 Å². The molecule has 0 unspecified atom stereocenters. The maximum absolute atomic E-state index is 13.8. The van der Waals surface area contributed by atoms with Crippen LogP contribution < -0.4 is 15.4 Å². The van der Waals surface area contributed by atoms with Crippen molar-refractivity contribution in [3.8, 4) is 28.5 Å². The number of aromatic amines is 1. The summed E-state index contributed by atoms with van der Waals surface area (Å²) in [4.78, 5) is 157. The third kappa shape index (κ3) is 19.3. The van der Waals surface area contributed by atoms with E-state index >= 15 is 0 Å². The molecular weight excluding hydrogens is 1880 g/mol. The number of piperidine rings is 1. The highest BCUT2D eigenvalue weighted by atomic mass is 35.5. The Morgan fingerprint density at radius 1 is 0.462 bits per heavy atom. The number of hydrogen-bond donors (Lipinski definition) is 3. The summed E-state index contributed by atoms with van der Waals surface area (Å²) in [5, 5.41) is 27.3. The second-order valence-electron chi connectivity index (χ2n) is 36.9. The predicted octanol–water partition coefficient (Wildman–Crippen LogP) is 13.9. The molecule has 7 aliphatic rings. The van der Waals surface area contributed by atoms with Gasteiger partial charge < -0.3 is 59.2 Å². The minimum absolute atomic E-state index is 0.0523. The van der Waals surface area contributed by atoms with Crippen LogP contribution in [0.5, 0.6) is 5.75 Å². The minimum atomic E-state index is -0.627. The number of fused-ring (bicyclic) bond motifs is 8. The van der Waals surface area contributed by atoms with Crippen LogP contribution in [0.4, 0.5) is 4.39 Å². The van der Waals surface area contributed by atoms with Crippen molar-refractivity contribution in [1.82, 2.24) is 93.6 Å². The smallest absolute Gasteiger partial charge is 0.294 e. The number of ketones is 3. The van der Waals surface area contributed by atoms with Gasteiger partial charge in [0.2, 0.25) is 0 Å². The minimum Gasteiger partial charge on any atom is -0.496 e. The molecule has 0 saturated carbocycles. The standard InChI is InChI=1S/C27H26ClFN6O2.C27H26ClN5O3.C27H25ClN4O4.C27H26N4O3/c28-21-13-16(29)5-6-24(21)35-23-9-12-34(27(37)19-14-31-22-4-2-1-3-18(19)22)15-20(23)25(33-35)26(36)32-17-7-10-30-11-8-17;1-16-7-5-6-8-22(16)33-23-9-10-32(14-17(23)13-29-33)26(35)19-11-18-20(25(34)27(36)30(2)3)15-31(4)24(18)12-21(19)28;1-30(2)27(35)25(33)18-9-8-16-12-24(36-3)20(13-19(16)18)26(34)31-11-10-22-17(15-31)14-29-32(22)23-7-5-4-6-21(23)28;1-17-6-4-5-7-23(17)31-24-12-13-30(16-20(24)15-28-31)26(33)19-9-8-18-10-11-21(22(18)14-19)25(32)27(34)29(2)3/h1-6,13-14,17,30-31H,7-12,15H2,(H,32,36);5-8,11-13,15H,9-10,14H2,1-4H3;4-7,9,12-14H,8,10-11,15H2,1-3H3;4-9,11,14-15H,10,12-13,16H2,1-3H3. The zero-order valence-electron chi connectivity index (χ0n) is 80.4. The second-order valence-corrected chi connectivity index (χ2v) is 38.1. The number of methoxy groups -OCH3 is 1. The molecule has 31 nitrogen and oxygen atoms in total. The van der Waals surface area contributed by atoms with E-state index in [1.807, 2.05) is 122 Å². The van der Waals surface area contributed by atoms with E-state index in [1.54, 1.807) is 112 Å². The second kappa shape index (κ2) is 41.0. The molecule has 8 amide bonds. The molecule has 0 bridgehead atoms. The van der Waals surface area contributed by atoms with Crippen molar-refractivity contribution in [1.29, 1.82) is 0 Å². The number of Topliss-reactive ketones (excluding diaryl/α,β-unsaturated/α-hetero) is 3. The molecule has 2 aliphatic carbocycles. The number of nitrogens with zero attached hydrogens (tertiary/aromatic N) is 16. The van der Waals surface area contributed by atoms with Gasteiger partial charge in [0.25, 0.3) is 64.6 Å². The molecular formula is C108H103Cl3FN19O12. The molecule has 5 aliphatic heterocycles. The number of H-pyrrole nitrogens is 1. The van der Waals surface area contributed by atoms with Crippen LogP contribution in [-0.4, -0.2) is 242 Å². The molecule has 1 fully saturated rings. The van der Waals surface area contributed by atoms with E-state index in [1.165, 1.54) is 62.1 Å². The van der Waals surface area contributed by atoms with E-state index in [-0.39, 0.29) is 58.4 Å². The number of ether oxygens (including phenoxy) is 1. The van der Waals surface area contributed by atoms with Gasteiger partial charge in [-0.3, -0.25) is 52.7 Å². The number of hydrogen-bond acceptors (Lipinski definition) is 17. The predicted molar refractivity (Wildman–Crippen MR) is 540 cm³/mol. The highest BCUT2D eigenvalue weighted by Crippen LogP contribution is 2.40. The third-order valence-corrected chi connectivity index (χ3v) is 28.1. The largest absolute Gasteiger partial charge is 0.496 e. The summed E-state index contributed by atoms with van der Waals surface area (Å²) in [6, 6.07) is 47.8. The number of aromatic nitrogens is 10. The number of aryl methyl sites for hydroxylation is 3. The van der Waals surface area contributed by atoms with E-state index in [4.69, 9.17) is 39.5 Å². The molecule has 35 heteroatoms. The van der Waals surface area contributed by atoms with Gasteiger partial charge in [0.1, 0.15) is 11.6 Å². The molecule has 11 heterocycles. The average Bonchev–Trinajstić information content (AvgIpc) is 1.62. The Labute approximate surface area is 838 Å². The van der Waals surface area contributed by atoms with E-state index in [9.17, 15) is 57.1 Å². The van der Waals surface area contributed by atoms with Crippen LogP contribution in [0.1, 0.15) is 154 Å². The van der Waals surface area contributed by atoms with Crippen molar-refractivity contribution in [2.24, 2.45) is 7.05 Å². The summed E-state index contributed by atoms with van der Waals surface area (Å²) in [5.41, 5.74) is 21.0. The van der Waals surface area contributed by atoms with Gasteiger partial charge in [0.15, 0.2) is 5.69 Å². The molecule has 0 spiro atoms. The van der Waals surface area contributed by atoms with Gasteiger partial charge in [-0.05, 0) is 171 Å². The zero-order valence-corrected chi connectivity index (χ0v) is 82.7. The van der Waals surface area contributed by atoms with Gasteiger partial charge in [0, 0.05) is 195 Å². The molecule has 0 radical (unpaired) electrons. The number of amides is 8. The summed E-state index contributed by atoms with van der Waals surface area (Å²) in [7, 11) is 12.5. The molecule has 143 heavy (non-hydrogen) atoms. The van der Waals surface area contributed by atoms with Crippen molar-refractivity contribution in [2.75, 3.05) is 88.7 Å². The number of rotatable bonds is 17. The molecule has 0 atom stereocenters.